The molecular formula is C14H19FN2O. The molecule has 0 bridgehead atoms. The van der Waals surface area contributed by atoms with Crippen LogP contribution in [-0.4, -0.2) is 23.5 Å². The summed E-state index contributed by atoms with van der Waals surface area (Å²) in [5.41, 5.74) is -0.387. The van der Waals surface area contributed by atoms with Gasteiger partial charge < -0.3 is 10.2 Å². The zero-order valence-corrected chi connectivity index (χ0v) is 11.2. The molecule has 18 heavy (non-hydrogen) atoms. The van der Waals surface area contributed by atoms with Crippen LogP contribution in [0.3, 0.4) is 0 Å². The zero-order valence-electron chi connectivity index (χ0n) is 11.2. The van der Waals surface area contributed by atoms with Crippen molar-refractivity contribution in [1.29, 1.82) is 0 Å². The summed E-state index contributed by atoms with van der Waals surface area (Å²) in [7, 11) is 0. The molecule has 1 amide bonds. The van der Waals surface area contributed by atoms with Crippen molar-refractivity contribution in [3.63, 3.8) is 0 Å². The maximum absolute atomic E-state index is 13.3. The second kappa shape index (κ2) is 4.05. The number of rotatable bonds is 1. The Morgan fingerprint density at radius 1 is 1.28 bits per heavy atom. The summed E-state index contributed by atoms with van der Waals surface area (Å²) in [6, 6.07) is 6.18. The van der Waals surface area contributed by atoms with Gasteiger partial charge in [0.25, 0.3) is 0 Å². The van der Waals surface area contributed by atoms with Crippen molar-refractivity contribution >= 4 is 11.6 Å². The Bertz CT molecular complexity index is 482. The average Bonchev–Trinajstić information content (AvgIpc) is 2.25. The second-order valence-electron chi connectivity index (χ2n) is 5.91. The number of hydrogen-bond donors (Lipinski definition) is 1. The van der Waals surface area contributed by atoms with Crippen LogP contribution in [0.15, 0.2) is 24.3 Å². The number of nitrogens with one attached hydrogen (secondary N) is 1. The number of nitrogens with zero attached hydrogens (tertiary/aromatic N) is 1. The highest BCUT2D eigenvalue weighted by molar-refractivity contribution is 6.01. The molecule has 1 aliphatic rings. The van der Waals surface area contributed by atoms with E-state index in [1.54, 1.807) is 17.0 Å². The predicted molar refractivity (Wildman–Crippen MR) is 70.0 cm³/mol. The fraction of sp³-hybridized carbons (Fsp3) is 0.500. The molecule has 1 fully saturated rings. The number of carbonyl (C=O) groups excluding carboxylic acids is 1. The first kappa shape index (κ1) is 13.0. The molecule has 0 radical (unpaired) electrons. The molecule has 0 atom stereocenters. The number of halogens is 1. The molecule has 3 nitrogen and oxygen atoms in total. The summed E-state index contributed by atoms with van der Waals surface area (Å²) >= 11 is 0. The first-order chi connectivity index (χ1) is 8.24. The molecule has 1 heterocycles. The zero-order chi connectivity index (χ0) is 13.6. The number of benzene rings is 1. The van der Waals surface area contributed by atoms with Gasteiger partial charge in [0.2, 0.25) is 5.91 Å². The van der Waals surface area contributed by atoms with E-state index in [1.165, 1.54) is 12.1 Å². The summed E-state index contributed by atoms with van der Waals surface area (Å²) < 4.78 is 13.3. The van der Waals surface area contributed by atoms with Crippen LogP contribution in [0.4, 0.5) is 10.1 Å². The lowest BCUT2D eigenvalue weighted by Gasteiger charge is -2.48. The van der Waals surface area contributed by atoms with Gasteiger partial charge in [-0.05, 0) is 45.9 Å². The third kappa shape index (κ3) is 2.12. The maximum Gasteiger partial charge on any atom is 0.247 e. The van der Waals surface area contributed by atoms with Gasteiger partial charge in [0.1, 0.15) is 5.82 Å². The van der Waals surface area contributed by atoms with Crippen molar-refractivity contribution in [3.05, 3.63) is 30.1 Å². The number of anilines is 1. The smallest absolute Gasteiger partial charge is 0.247 e. The van der Waals surface area contributed by atoms with Crippen LogP contribution in [0.1, 0.15) is 27.7 Å². The van der Waals surface area contributed by atoms with Crippen LogP contribution in [0.5, 0.6) is 0 Å². The minimum Gasteiger partial charge on any atom is -0.304 e. The van der Waals surface area contributed by atoms with Gasteiger partial charge in [-0.15, -0.1) is 0 Å². The highest BCUT2D eigenvalue weighted by Gasteiger charge is 2.45. The molecule has 98 valence electrons. The normalized spacial score (nSPS) is 22.1. The van der Waals surface area contributed by atoms with E-state index in [9.17, 15) is 9.18 Å². The Balaban J connectivity index is 2.47. The third-order valence-electron chi connectivity index (χ3n) is 3.37. The average molecular weight is 250 g/mol. The molecule has 1 aromatic carbocycles. The number of amides is 1. The standard InChI is InChI=1S/C14H19FN2O/c1-13(2)9-16-14(3,4)12(18)17(13)11-7-5-6-10(15)8-11/h5-8,16H,9H2,1-4H3. The molecule has 0 spiro atoms. The summed E-state index contributed by atoms with van der Waals surface area (Å²) in [6.45, 7) is 8.30. The third-order valence-corrected chi connectivity index (χ3v) is 3.37. The monoisotopic (exact) mass is 250 g/mol. The lowest BCUT2D eigenvalue weighted by Crippen LogP contribution is -2.69. The van der Waals surface area contributed by atoms with E-state index >= 15 is 0 Å². The van der Waals surface area contributed by atoms with Crippen LogP contribution in [0, 0.1) is 5.82 Å². The van der Waals surface area contributed by atoms with Gasteiger partial charge in [0.15, 0.2) is 0 Å². The molecule has 1 saturated heterocycles. The minimum atomic E-state index is -0.623. The van der Waals surface area contributed by atoms with E-state index in [0.717, 1.165) is 0 Å². The quantitative estimate of drug-likeness (QED) is 0.829. The number of carbonyl (C=O) groups is 1. The Morgan fingerprint density at radius 2 is 1.94 bits per heavy atom. The van der Waals surface area contributed by atoms with Gasteiger partial charge in [-0.25, -0.2) is 4.39 Å². The lowest BCUT2D eigenvalue weighted by molar-refractivity contribution is -0.126. The summed E-state index contributed by atoms with van der Waals surface area (Å²) in [4.78, 5) is 14.2. The van der Waals surface area contributed by atoms with Gasteiger partial charge in [-0.1, -0.05) is 6.07 Å². The SMILES string of the molecule is CC1(C)NCC(C)(C)N(c2cccc(F)c2)C1=O. The molecule has 2 rings (SSSR count). The van der Waals surface area contributed by atoms with Gasteiger partial charge >= 0.3 is 0 Å². The predicted octanol–water partition coefficient (Wildman–Crippen LogP) is 2.32. The number of hydrogen-bond acceptors (Lipinski definition) is 2. The Kier molecular flexibility index (Phi) is 2.93. The molecule has 1 aliphatic heterocycles. The maximum atomic E-state index is 13.3. The van der Waals surface area contributed by atoms with E-state index in [1.807, 2.05) is 27.7 Å². The van der Waals surface area contributed by atoms with Gasteiger partial charge in [-0.2, -0.15) is 0 Å². The van der Waals surface area contributed by atoms with Crippen molar-refractivity contribution in [2.24, 2.45) is 0 Å². The molecular weight excluding hydrogens is 231 g/mol. The van der Waals surface area contributed by atoms with Crippen molar-refractivity contribution < 1.29 is 9.18 Å². The van der Waals surface area contributed by atoms with E-state index in [4.69, 9.17) is 0 Å². The minimum absolute atomic E-state index is 0.0376. The second-order valence-corrected chi connectivity index (χ2v) is 5.91. The van der Waals surface area contributed by atoms with Crippen LogP contribution < -0.4 is 10.2 Å². The van der Waals surface area contributed by atoms with E-state index in [0.29, 0.717) is 12.2 Å². The fourth-order valence-corrected chi connectivity index (χ4v) is 2.23. The largest absolute Gasteiger partial charge is 0.304 e. The molecule has 0 unspecified atom stereocenters. The van der Waals surface area contributed by atoms with Crippen molar-refractivity contribution in [3.8, 4) is 0 Å². The van der Waals surface area contributed by atoms with Crippen LogP contribution in [0.25, 0.3) is 0 Å². The molecule has 1 aromatic rings. The van der Waals surface area contributed by atoms with E-state index < -0.39 is 5.54 Å². The fourth-order valence-electron chi connectivity index (χ4n) is 2.23. The van der Waals surface area contributed by atoms with Crippen LogP contribution >= 0.6 is 0 Å². The summed E-state index contributed by atoms with van der Waals surface area (Å²) in [6.07, 6.45) is 0. The molecule has 0 aliphatic carbocycles. The van der Waals surface area contributed by atoms with Gasteiger partial charge in [0, 0.05) is 12.2 Å². The van der Waals surface area contributed by atoms with Crippen molar-refractivity contribution in [1.82, 2.24) is 5.32 Å². The Labute approximate surface area is 107 Å². The van der Waals surface area contributed by atoms with Gasteiger partial charge in [-0.3, -0.25) is 4.79 Å². The lowest BCUT2D eigenvalue weighted by atomic mass is 9.90. The first-order valence-electron chi connectivity index (χ1n) is 6.09. The summed E-state index contributed by atoms with van der Waals surface area (Å²) in [5, 5.41) is 3.23. The van der Waals surface area contributed by atoms with E-state index in [2.05, 4.69) is 5.32 Å². The highest BCUT2D eigenvalue weighted by atomic mass is 19.1. The van der Waals surface area contributed by atoms with Crippen molar-refractivity contribution in [2.45, 2.75) is 38.8 Å². The highest BCUT2D eigenvalue weighted by Crippen LogP contribution is 2.30. The molecule has 0 saturated carbocycles. The molecule has 4 heteroatoms. The summed E-state index contributed by atoms with van der Waals surface area (Å²) in [5.74, 6) is -0.364. The molecule has 0 aromatic heterocycles. The molecule has 1 N–H and O–H groups in total. The van der Waals surface area contributed by atoms with Gasteiger partial charge in [0.05, 0.1) is 11.1 Å². The van der Waals surface area contributed by atoms with Crippen LogP contribution in [-0.2, 0) is 4.79 Å². The van der Waals surface area contributed by atoms with Crippen molar-refractivity contribution in [2.75, 3.05) is 11.4 Å². The van der Waals surface area contributed by atoms with E-state index in [-0.39, 0.29) is 17.3 Å². The first-order valence-corrected chi connectivity index (χ1v) is 6.09. The van der Waals surface area contributed by atoms with Crippen LogP contribution in [0.2, 0.25) is 0 Å². The Hall–Kier alpha value is -1.42. The topological polar surface area (TPSA) is 32.3 Å². The number of piperazine rings is 1. The Morgan fingerprint density at radius 3 is 2.56 bits per heavy atom.